The van der Waals surface area contributed by atoms with Crippen LogP contribution in [0.2, 0.25) is 0 Å². The van der Waals surface area contributed by atoms with Gasteiger partial charge < -0.3 is 20.5 Å². The van der Waals surface area contributed by atoms with Crippen LogP contribution in [-0.2, 0) is 4.79 Å². The molecule has 3 N–H and O–H groups in total. The number of aliphatic hydroxyl groups excluding tert-OH is 1. The Bertz CT molecular complexity index is 479. The number of hydrogen-bond donors (Lipinski definition) is 3. The van der Waals surface area contributed by atoms with Crippen molar-refractivity contribution in [3.8, 4) is 5.75 Å². The summed E-state index contributed by atoms with van der Waals surface area (Å²) >= 11 is 1.46. The molecule has 1 aromatic rings. The van der Waals surface area contributed by atoms with Gasteiger partial charge in [-0.15, -0.1) is 11.8 Å². The number of fused-ring (bicyclic) bond motifs is 1. The van der Waals surface area contributed by atoms with Crippen molar-refractivity contribution >= 4 is 23.4 Å². The maximum absolute atomic E-state index is 11.3. The van der Waals surface area contributed by atoms with Crippen LogP contribution in [0.15, 0.2) is 23.1 Å². The molecular weight excluding hydrogens is 276 g/mol. The second-order valence-corrected chi connectivity index (χ2v) is 5.98. The number of carbonyl (C=O) groups excluding carboxylic acids is 1. The molecule has 5 nitrogen and oxygen atoms in total. The number of rotatable bonds is 6. The molecule has 0 aliphatic carbocycles. The van der Waals surface area contributed by atoms with Gasteiger partial charge in [0, 0.05) is 12.6 Å². The van der Waals surface area contributed by atoms with E-state index in [2.05, 4.69) is 10.6 Å². The maximum atomic E-state index is 11.3. The normalized spacial score (nSPS) is 15.7. The minimum absolute atomic E-state index is 0.000758. The molecule has 6 heteroatoms. The van der Waals surface area contributed by atoms with Crippen LogP contribution in [0.1, 0.15) is 13.8 Å². The zero-order valence-corrected chi connectivity index (χ0v) is 12.5. The first kappa shape index (κ1) is 15.2. The molecule has 0 bridgehead atoms. The van der Waals surface area contributed by atoms with E-state index in [-0.39, 0.29) is 12.5 Å². The van der Waals surface area contributed by atoms with E-state index >= 15 is 0 Å². The van der Waals surface area contributed by atoms with E-state index < -0.39 is 6.10 Å². The van der Waals surface area contributed by atoms with Crippen molar-refractivity contribution in [3.63, 3.8) is 0 Å². The lowest BCUT2D eigenvalue weighted by Gasteiger charge is -2.20. The molecule has 1 atom stereocenters. The van der Waals surface area contributed by atoms with Gasteiger partial charge in [0.2, 0.25) is 5.91 Å². The summed E-state index contributed by atoms with van der Waals surface area (Å²) in [5.41, 5.74) is 0.776. The van der Waals surface area contributed by atoms with Gasteiger partial charge in [0.15, 0.2) is 0 Å². The fourth-order valence-corrected chi connectivity index (χ4v) is 2.71. The monoisotopic (exact) mass is 296 g/mol. The number of carbonyl (C=O) groups is 1. The minimum Gasteiger partial charge on any atom is -0.490 e. The third-order valence-corrected chi connectivity index (χ3v) is 3.91. The Morgan fingerprint density at radius 3 is 3.05 bits per heavy atom. The van der Waals surface area contributed by atoms with E-state index in [0.717, 1.165) is 10.6 Å². The van der Waals surface area contributed by atoms with E-state index in [4.69, 9.17) is 4.74 Å². The average Bonchev–Trinajstić information content (AvgIpc) is 2.42. The lowest BCUT2D eigenvalue weighted by atomic mass is 10.3. The van der Waals surface area contributed by atoms with Crippen LogP contribution < -0.4 is 15.4 Å². The van der Waals surface area contributed by atoms with Crippen molar-refractivity contribution in [1.29, 1.82) is 0 Å². The van der Waals surface area contributed by atoms with Crippen LogP contribution in [0.4, 0.5) is 5.69 Å². The highest BCUT2D eigenvalue weighted by Gasteiger charge is 2.19. The number of anilines is 1. The van der Waals surface area contributed by atoms with Gasteiger partial charge in [-0.3, -0.25) is 4.79 Å². The van der Waals surface area contributed by atoms with Gasteiger partial charge in [-0.1, -0.05) is 19.9 Å². The Morgan fingerprint density at radius 1 is 1.50 bits per heavy atom. The zero-order valence-electron chi connectivity index (χ0n) is 11.7. The number of amides is 1. The standard InChI is InChI=1S/C14H20N2O3S/c1-9(2)15-6-10(17)7-19-12-5-3-4-11-14(12)20-8-13(18)16-11/h3-5,9-10,15,17H,6-8H2,1-2H3,(H,16,18). The molecule has 0 aromatic heterocycles. The molecule has 0 spiro atoms. The van der Waals surface area contributed by atoms with Crippen LogP contribution >= 0.6 is 11.8 Å². The molecule has 1 aromatic carbocycles. The van der Waals surface area contributed by atoms with Gasteiger partial charge in [-0.05, 0) is 12.1 Å². The Balaban J connectivity index is 1.93. The Hall–Kier alpha value is -1.24. The van der Waals surface area contributed by atoms with Gasteiger partial charge in [0.05, 0.1) is 16.3 Å². The van der Waals surface area contributed by atoms with E-state index in [9.17, 15) is 9.90 Å². The molecule has 1 aliphatic rings. The summed E-state index contributed by atoms with van der Waals surface area (Å²) < 4.78 is 5.67. The zero-order chi connectivity index (χ0) is 14.5. The van der Waals surface area contributed by atoms with Crippen LogP contribution in [0.3, 0.4) is 0 Å². The topological polar surface area (TPSA) is 70.6 Å². The molecule has 1 heterocycles. The molecule has 0 radical (unpaired) electrons. The lowest BCUT2D eigenvalue weighted by Crippen LogP contribution is -2.35. The fraction of sp³-hybridized carbons (Fsp3) is 0.500. The third kappa shape index (κ3) is 4.13. The molecule has 1 unspecified atom stereocenters. The van der Waals surface area contributed by atoms with E-state index in [0.29, 0.717) is 24.1 Å². The highest BCUT2D eigenvalue weighted by Crippen LogP contribution is 2.38. The second kappa shape index (κ2) is 6.97. The summed E-state index contributed by atoms with van der Waals surface area (Å²) in [6.45, 7) is 4.78. The molecule has 1 amide bonds. The summed E-state index contributed by atoms with van der Waals surface area (Å²) in [4.78, 5) is 12.3. The average molecular weight is 296 g/mol. The number of ether oxygens (including phenoxy) is 1. The highest BCUT2D eigenvalue weighted by molar-refractivity contribution is 8.00. The SMILES string of the molecule is CC(C)NCC(O)COc1cccc2c1SCC(=O)N2. The summed E-state index contributed by atoms with van der Waals surface area (Å²) in [6, 6.07) is 5.87. The van der Waals surface area contributed by atoms with Gasteiger partial charge >= 0.3 is 0 Å². The number of nitrogens with one attached hydrogen (secondary N) is 2. The molecule has 0 fully saturated rings. The molecule has 0 saturated carbocycles. The minimum atomic E-state index is -0.559. The molecule has 2 rings (SSSR count). The van der Waals surface area contributed by atoms with Crippen LogP contribution in [0, 0.1) is 0 Å². The number of benzene rings is 1. The van der Waals surface area contributed by atoms with E-state index in [1.807, 2.05) is 32.0 Å². The summed E-state index contributed by atoms with van der Waals surface area (Å²) in [5.74, 6) is 1.10. The third-order valence-electron chi connectivity index (χ3n) is 2.79. The summed E-state index contributed by atoms with van der Waals surface area (Å²) in [5, 5.41) is 15.8. The van der Waals surface area contributed by atoms with Crippen molar-refractivity contribution in [3.05, 3.63) is 18.2 Å². The molecule has 0 saturated heterocycles. The first-order valence-corrected chi connectivity index (χ1v) is 7.64. The predicted molar refractivity (Wildman–Crippen MR) is 80.4 cm³/mol. The van der Waals surface area contributed by atoms with Crippen molar-refractivity contribution in [1.82, 2.24) is 5.32 Å². The molecule has 110 valence electrons. The first-order chi connectivity index (χ1) is 9.56. The molecule has 20 heavy (non-hydrogen) atoms. The van der Waals surface area contributed by atoms with Crippen molar-refractivity contribution in [2.24, 2.45) is 0 Å². The Kier molecular flexibility index (Phi) is 5.28. The maximum Gasteiger partial charge on any atom is 0.234 e. The van der Waals surface area contributed by atoms with E-state index in [1.54, 1.807) is 0 Å². The Morgan fingerprint density at radius 2 is 2.30 bits per heavy atom. The first-order valence-electron chi connectivity index (χ1n) is 6.66. The highest BCUT2D eigenvalue weighted by atomic mass is 32.2. The Labute approximate surface area is 123 Å². The fourth-order valence-electron chi connectivity index (χ4n) is 1.82. The summed E-state index contributed by atoms with van der Waals surface area (Å²) in [7, 11) is 0. The van der Waals surface area contributed by atoms with Gasteiger partial charge in [0.1, 0.15) is 18.5 Å². The van der Waals surface area contributed by atoms with Crippen LogP contribution in [0.5, 0.6) is 5.75 Å². The van der Waals surface area contributed by atoms with E-state index in [1.165, 1.54) is 11.8 Å². The molecule has 1 aliphatic heterocycles. The summed E-state index contributed by atoms with van der Waals surface area (Å²) in [6.07, 6.45) is -0.559. The van der Waals surface area contributed by atoms with Crippen LogP contribution in [-0.4, -0.2) is 42.1 Å². The van der Waals surface area contributed by atoms with Crippen molar-refractivity contribution in [2.45, 2.75) is 30.9 Å². The second-order valence-electron chi connectivity index (χ2n) is 5.00. The lowest BCUT2D eigenvalue weighted by molar-refractivity contribution is -0.113. The number of aliphatic hydroxyl groups is 1. The quantitative estimate of drug-likeness (QED) is 0.741. The van der Waals surface area contributed by atoms with Gasteiger partial charge in [-0.25, -0.2) is 0 Å². The predicted octanol–water partition coefficient (Wildman–Crippen LogP) is 1.47. The van der Waals surface area contributed by atoms with Gasteiger partial charge in [0.25, 0.3) is 0 Å². The largest absolute Gasteiger partial charge is 0.490 e. The van der Waals surface area contributed by atoms with Gasteiger partial charge in [-0.2, -0.15) is 0 Å². The smallest absolute Gasteiger partial charge is 0.234 e. The number of thioether (sulfide) groups is 1. The molecular formula is C14H20N2O3S. The van der Waals surface area contributed by atoms with Crippen molar-refractivity contribution < 1.29 is 14.6 Å². The van der Waals surface area contributed by atoms with Crippen molar-refractivity contribution in [2.75, 3.05) is 24.2 Å². The number of hydrogen-bond acceptors (Lipinski definition) is 5. The van der Waals surface area contributed by atoms with Crippen LogP contribution in [0.25, 0.3) is 0 Å².